The van der Waals surface area contributed by atoms with Crippen molar-refractivity contribution in [1.82, 2.24) is 4.90 Å². The predicted molar refractivity (Wildman–Crippen MR) is 105 cm³/mol. The number of carbonyl (C=O) groups excluding carboxylic acids is 2. The van der Waals surface area contributed by atoms with Crippen molar-refractivity contribution < 1.29 is 9.59 Å². The highest BCUT2D eigenvalue weighted by Crippen LogP contribution is 2.27. The van der Waals surface area contributed by atoms with Crippen molar-refractivity contribution in [2.24, 2.45) is 5.92 Å². The lowest BCUT2D eigenvalue weighted by Gasteiger charge is -2.22. The van der Waals surface area contributed by atoms with Crippen LogP contribution in [0.5, 0.6) is 0 Å². The van der Waals surface area contributed by atoms with Crippen LogP contribution >= 0.6 is 23.2 Å². The largest absolute Gasteiger partial charge is 0.341 e. The van der Waals surface area contributed by atoms with E-state index in [0.29, 0.717) is 23.1 Å². The van der Waals surface area contributed by atoms with Crippen molar-refractivity contribution in [3.63, 3.8) is 0 Å². The second kappa shape index (κ2) is 7.68. The first-order chi connectivity index (χ1) is 12.3. The Labute approximate surface area is 163 Å². The molecule has 0 radical (unpaired) electrons. The number of hydrogen-bond acceptors (Lipinski definition) is 2. The van der Waals surface area contributed by atoms with Gasteiger partial charge in [-0.15, -0.1) is 0 Å². The van der Waals surface area contributed by atoms with Gasteiger partial charge in [-0.25, -0.2) is 0 Å². The van der Waals surface area contributed by atoms with Crippen molar-refractivity contribution in [2.75, 3.05) is 18.5 Å². The summed E-state index contributed by atoms with van der Waals surface area (Å²) in [4.78, 5) is 28.5. The molecular formula is C20H20Cl2N2O2. The van der Waals surface area contributed by atoms with Gasteiger partial charge in [0.2, 0.25) is 11.8 Å². The van der Waals surface area contributed by atoms with Crippen molar-refractivity contribution in [3.05, 3.63) is 63.6 Å². The number of amides is 2. The molecule has 26 heavy (non-hydrogen) atoms. The van der Waals surface area contributed by atoms with Crippen molar-refractivity contribution >= 4 is 40.7 Å². The Kier molecular flexibility index (Phi) is 5.54. The molecule has 1 aliphatic heterocycles. The molecule has 4 nitrogen and oxygen atoms in total. The van der Waals surface area contributed by atoms with E-state index < -0.39 is 0 Å². The van der Waals surface area contributed by atoms with E-state index in [1.54, 1.807) is 29.0 Å². The Balaban J connectivity index is 1.68. The molecule has 0 saturated carbocycles. The highest BCUT2D eigenvalue weighted by Gasteiger charge is 2.36. The zero-order chi connectivity index (χ0) is 18.8. The molecule has 1 fully saturated rings. The van der Waals surface area contributed by atoms with E-state index in [1.165, 1.54) is 0 Å². The van der Waals surface area contributed by atoms with Gasteiger partial charge in [-0.05, 0) is 36.8 Å². The maximum Gasteiger partial charge on any atom is 0.228 e. The van der Waals surface area contributed by atoms with Gasteiger partial charge in [0.05, 0.1) is 5.92 Å². The fraction of sp³-hybridized carbons (Fsp3) is 0.300. The van der Waals surface area contributed by atoms with Gasteiger partial charge in [0, 0.05) is 42.3 Å². The van der Waals surface area contributed by atoms with E-state index in [9.17, 15) is 9.59 Å². The molecule has 0 aliphatic carbocycles. The molecule has 0 unspecified atom stereocenters. The van der Waals surface area contributed by atoms with Crippen LogP contribution in [0.1, 0.15) is 17.5 Å². The Bertz CT molecular complexity index is 836. The van der Waals surface area contributed by atoms with E-state index in [2.05, 4.69) is 0 Å². The van der Waals surface area contributed by atoms with Gasteiger partial charge in [0.1, 0.15) is 0 Å². The van der Waals surface area contributed by atoms with E-state index in [-0.39, 0.29) is 24.2 Å². The first kappa shape index (κ1) is 18.7. The zero-order valence-electron chi connectivity index (χ0n) is 14.7. The molecule has 1 atom stereocenters. The average molecular weight is 391 g/mol. The smallest absolute Gasteiger partial charge is 0.228 e. The fourth-order valence-corrected chi connectivity index (χ4v) is 3.61. The molecule has 0 aromatic heterocycles. The lowest BCUT2D eigenvalue weighted by Crippen LogP contribution is -2.34. The van der Waals surface area contributed by atoms with E-state index in [0.717, 1.165) is 16.8 Å². The number of aryl methyl sites for hydroxylation is 1. The van der Waals surface area contributed by atoms with Crippen LogP contribution in [0.4, 0.5) is 5.69 Å². The summed E-state index contributed by atoms with van der Waals surface area (Å²) in [5.74, 6) is -0.427. The highest BCUT2D eigenvalue weighted by atomic mass is 35.5. The molecule has 2 aromatic carbocycles. The summed E-state index contributed by atoms with van der Waals surface area (Å²) in [5.41, 5.74) is 2.79. The number of anilines is 1. The highest BCUT2D eigenvalue weighted by molar-refractivity contribution is 6.35. The molecule has 2 aromatic rings. The molecule has 0 N–H and O–H groups in total. The fourth-order valence-electron chi connectivity index (χ4n) is 3.14. The van der Waals surface area contributed by atoms with E-state index in [4.69, 9.17) is 23.2 Å². The molecule has 1 heterocycles. The lowest BCUT2D eigenvalue weighted by molar-refractivity contribution is -0.135. The van der Waals surface area contributed by atoms with Crippen LogP contribution in [0, 0.1) is 12.8 Å². The first-order valence-corrected chi connectivity index (χ1v) is 9.16. The molecule has 3 rings (SSSR count). The van der Waals surface area contributed by atoms with Gasteiger partial charge >= 0.3 is 0 Å². The molecule has 6 heteroatoms. The molecule has 0 bridgehead atoms. The zero-order valence-corrected chi connectivity index (χ0v) is 16.2. The Morgan fingerprint density at radius 3 is 2.54 bits per heavy atom. The van der Waals surface area contributed by atoms with Crippen molar-refractivity contribution in [1.29, 1.82) is 0 Å². The van der Waals surface area contributed by atoms with Gasteiger partial charge < -0.3 is 9.80 Å². The summed E-state index contributed by atoms with van der Waals surface area (Å²) < 4.78 is 0. The molecule has 1 saturated heterocycles. The minimum absolute atomic E-state index is 0.0230. The van der Waals surface area contributed by atoms with Gasteiger partial charge in [-0.3, -0.25) is 9.59 Å². The minimum Gasteiger partial charge on any atom is -0.341 e. The third-order valence-corrected chi connectivity index (χ3v) is 5.21. The van der Waals surface area contributed by atoms with Crippen molar-refractivity contribution in [2.45, 2.75) is 19.9 Å². The van der Waals surface area contributed by atoms with Gasteiger partial charge in [0.25, 0.3) is 0 Å². The third-order valence-electron chi connectivity index (χ3n) is 4.62. The predicted octanol–water partition coefficient (Wildman–Crippen LogP) is 4.31. The number of halogens is 2. The SMILES string of the molecule is Cc1ccc(N2C[C@H](C(=O)N(C)Cc3ccc(Cl)cc3Cl)CC2=O)cc1. The Morgan fingerprint density at radius 1 is 1.19 bits per heavy atom. The van der Waals surface area contributed by atoms with Crippen LogP contribution < -0.4 is 4.90 Å². The summed E-state index contributed by atoms with van der Waals surface area (Å²) in [7, 11) is 1.73. The Hall–Kier alpha value is -2.04. The van der Waals surface area contributed by atoms with Gasteiger partial charge in [-0.1, -0.05) is 47.0 Å². The molecule has 1 aliphatic rings. The molecule has 136 valence electrons. The summed E-state index contributed by atoms with van der Waals surface area (Å²) in [6.07, 6.45) is 0.228. The van der Waals surface area contributed by atoms with Gasteiger partial charge in [0.15, 0.2) is 0 Å². The summed E-state index contributed by atoms with van der Waals surface area (Å²) in [6.45, 7) is 2.78. The average Bonchev–Trinajstić information content (AvgIpc) is 2.99. The molecular weight excluding hydrogens is 371 g/mol. The maximum absolute atomic E-state index is 12.8. The first-order valence-electron chi connectivity index (χ1n) is 8.41. The van der Waals surface area contributed by atoms with E-state index >= 15 is 0 Å². The van der Waals surface area contributed by atoms with Crippen LogP contribution in [0.3, 0.4) is 0 Å². The number of benzene rings is 2. The molecule has 2 amide bonds. The van der Waals surface area contributed by atoms with Crippen LogP contribution in [0.15, 0.2) is 42.5 Å². The minimum atomic E-state index is -0.347. The van der Waals surface area contributed by atoms with E-state index in [1.807, 2.05) is 37.3 Å². The molecule has 0 spiro atoms. The standard InChI is InChI=1S/C20H20Cl2N2O2/c1-13-3-7-17(8-4-13)24-12-15(9-19(24)25)20(26)23(2)11-14-5-6-16(21)10-18(14)22/h3-8,10,15H,9,11-12H2,1-2H3/t15-/m1/s1. The van der Waals surface area contributed by atoms with Crippen LogP contribution in [-0.2, 0) is 16.1 Å². The summed E-state index contributed by atoms with van der Waals surface area (Å²) >= 11 is 12.1. The number of carbonyl (C=O) groups is 2. The second-order valence-corrected chi connectivity index (χ2v) is 7.51. The summed E-state index contributed by atoms with van der Waals surface area (Å²) in [5, 5.41) is 1.09. The third kappa shape index (κ3) is 4.02. The number of rotatable bonds is 4. The summed E-state index contributed by atoms with van der Waals surface area (Å²) in [6, 6.07) is 13.0. The maximum atomic E-state index is 12.8. The van der Waals surface area contributed by atoms with Gasteiger partial charge in [-0.2, -0.15) is 0 Å². The quantitative estimate of drug-likeness (QED) is 0.779. The van der Waals surface area contributed by atoms with Crippen molar-refractivity contribution in [3.8, 4) is 0 Å². The van der Waals surface area contributed by atoms with Crippen LogP contribution in [0.25, 0.3) is 0 Å². The second-order valence-electron chi connectivity index (χ2n) is 6.67. The Morgan fingerprint density at radius 2 is 1.88 bits per heavy atom. The van der Waals surface area contributed by atoms with Crippen LogP contribution in [0.2, 0.25) is 10.0 Å². The monoisotopic (exact) mass is 390 g/mol. The topological polar surface area (TPSA) is 40.6 Å². The normalized spacial score (nSPS) is 16.8. The van der Waals surface area contributed by atoms with Crippen LogP contribution in [-0.4, -0.2) is 30.3 Å². The number of hydrogen-bond donors (Lipinski definition) is 0. The number of nitrogens with zero attached hydrogens (tertiary/aromatic N) is 2. The lowest BCUT2D eigenvalue weighted by atomic mass is 10.1.